The molecule has 0 N–H and O–H groups in total. The van der Waals surface area contributed by atoms with Crippen molar-refractivity contribution in [3.05, 3.63) is 33.9 Å². The number of ether oxygens (including phenoxy) is 1. The first-order valence-corrected chi connectivity index (χ1v) is 8.40. The Morgan fingerprint density at radius 2 is 2.05 bits per heavy atom. The van der Waals surface area contributed by atoms with E-state index >= 15 is 0 Å². The van der Waals surface area contributed by atoms with Gasteiger partial charge in [0.25, 0.3) is 5.69 Å². The number of sulfonamides is 1. The average molecular weight is 328 g/mol. The monoisotopic (exact) mass is 328 g/mol. The van der Waals surface area contributed by atoms with E-state index in [2.05, 4.69) is 0 Å². The van der Waals surface area contributed by atoms with Gasteiger partial charge in [-0.1, -0.05) is 12.1 Å². The Balaban J connectivity index is 2.54. The van der Waals surface area contributed by atoms with Crippen LogP contribution in [0.15, 0.2) is 23.1 Å². The van der Waals surface area contributed by atoms with E-state index in [9.17, 15) is 18.5 Å². The molecule has 0 aromatic heterocycles. The molecule has 1 aromatic rings. The number of nitro benzene ring substituents is 1. The van der Waals surface area contributed by atoms with Crippen molar-refractivity contribution >= 4 is 15.7 Å². The number of hydrogen-bond acceptors (Lipinski definition) is 5. The highest BCUT2D eigenvalue weighted by atomic mass is 32.2. The molecule has 0 amide bonds. The first-order valence-electron chi connectivity index (χ1n) is 6.96. The molecule has 7 nitrogen and oxygen atoms in total. The van der Waals surface area contributed by atoms with Gasteiger partial charge < -0.3 is 4.74 Å². The van der Waals surface area contributed by atoms with E-state index in [4.69, 9.17) is 4.74 Å². The summed E-state index contributed by atoms with van der Waals surface area (Å²) < 4.78 is 32.8. The lowest BCUT2D eigenvalue weighted by molar-refractivity contribution is -0.388. The molecule has 0 saturated carbocycles. The molecule has 0 radical (unpaired) electrons. The molecule has 1 heterocycles. The van der Waals surface area contributed by atoms with E-state index in [0.29, 0.717) is 5.56 Å². The van der Waals surface area contributed by atoms with Crippen LogP contribution >= 0.6 is 0 Å². The van der Waals surface area contributed by atoms with Gasteiger partial charge in [-0.2, -0.15) is 4.31 Å². The molecule has 1 aliphatic rings. The van der Waals surface area contributed by atoms with Crippen molar-refractivity contribution in [3.8, 4) is 0 Å². The summed E-state index contributed by atoms with van der Waals surface area (Å²) in [4.78, 5) is 10.3. The molecule has 0 bridgehead atoms. The fraction of sp³-hybridized carbons (Fsp3) is 0.571. The summed E-state index contributed by atoms with van der Waals surface area (Å²) in [6.45, 7) is 7.29. The molecular formula is C14H20N2O5S. The largest absolute Gasteiger partial charge is 0.370 e. The van der Waals surface area contributed by atoms with Crippen LogP contribution in [0, 0.1) is 17.0 Å². The molecule has 0 spiro atoms. The Morgan fingerprint density at radius 1 is 1.41 bits per heavy atom. The van der Waals surface area contributed by atoms with Gasteiger partial charge in [-0.05, 0) is 33.3 Å². The van der Waals surface area contributed by atoms with Gasteiger partial charge in [0.1, 0.15) is 0 Å². The molecule has 1 saturated heterocycles. The van der Waals surface area contributed by atoms with E-state index in [0.717, 1.165) is 0 Å². The number of aryl methyl sites for hydroxylation is 1. The molecule has 22 heavy (non-hydrogen) atoms. The van der Waals surface area contributed by atoms with Gasteiger partial charge >= 0.3 is 0 Å². The quantitative estimate of drug-likeness (QED) is 0.626. The molecule has 8 heteroatoms. The minimum Gasteiger partial charge on any atom is -0.370 e. The minimum atomic E-state index is -3.96. The first-order chi connectivity index (χ1) is 10.0. The predicted molar refractivity (Wildman–Crippen MR) is 81.2 cm³/mol. The maximum absolute atomic E-state index is 12.9. The smallest absolute Gasteiger partial charge is 0.289 e. The van der Waals surface area contributed by atoms with Gasteiger partial charge in [0, 0.05) is 19.2 Å². The van der Waals surface area contributed by atoms with Gasteiger partial charge in [-0.3, -0.25) is 10.1 Å². The van der Waals surface area contributed by atoms with Crippen molar-refractivity contribution in [2.45, 2.75) is 44.3 Å². The maximum atomic E-state index is 12.9. The highest BCUT2D eigenvalue weighted by Gasteiger charge is 2.41. The summed E-state index contributed by atoms with van der Waals surface area (Å²) in [6.07, 6.45) is -0.276. The topological polar surface area (TPSA) is 89.8 Å². The summed E-state index contributed by atoms with van der Waals surface area (Å²) >= 11 is 0. The molecule has 1 unspecified atom stereocenters. The Morgan fingerprint density at radius 3 is 2.59 bits per heavy atom. The number of hydrogen-bond donors (Lipinski definition) is 0. The van der Waals surface area contributed by atoms with E-state index < -0.39 is 26.2 Å². The number of nitrogens with zero attached hydrogens (tertiary/aromatic N) is 2. The maximum Gasteiger partial charge on any atom is 0.289 e. The van der Waals surface area contributed by atoms with Crippen LogP contribution in [0.3, 0.4) is 0 Å². The van der Waals surface area contributed by atoms with Crippen LogP contribution in [0.1, 0.15) is 26.3 Å². The highest BCUT2D eigenvalue weighted by molar-refractivity contribution is 7.89. The predicted octanol–water partition coefficient (Wildman–Crippen LogP) is 2.09. The second-order valence-corrected chi connectivity index (χ2v) is 8.04. The molecule has 122 valence electrons. The minimum absolute atomic E-state index is 0.158. The Kier molecular flexibility index (Phi) is 4.29. The normalized spacial score (nSPS) is 22.5. The second kappa shape index (κ2) is 5.60. The van der Waals surface area contributed by atoms with Gasteiger partial charge in [-0.25, -0.2) is 8.42 Å². The average Bonchev–Trinajstić information content (AvgIpc) is 2.35. The van der Waals surface area contributed by atoms with Crippen LogP contribution in [0.5, 0.6) is 0 Å². The van der Waals surface area contributed by atoms with Gasteiger partial charge in [0.05, 0.1) is 16.6 Å². The van der Waals surface area contributed by atoms with Gasteiger partial charge in [0.15, 0.2) is 4.90 Å². The Bertz CT molecular complexity index is 699. The number of rotatable bonds is 3. The lowest BCUT2D eigenvalue weighted by atomic mass is 10.1. The number of nitro groups is 1. The SMILES string of the molecule is Cc1cccc([N+](=O)[O-])c1S(=O)(=O)N1CC(C)OC(C)(C)C1. The van der Waals surface area contributed by atoms with Crippen molar-refractivity contribution < 1.29 is 18.1 Å². The zero-order valence-corrected chi connectivity index (χ0v) is 13.9. The number of benzene rings is 1. The van der Waals surface area contributed by atoms with Crippen LogP contribution in [-0.2, 0) is 14.8 Å². The summed E-state index contributed by atoms with van der Waals surface area (Å²) in [5, 5.41) is 11.2. The third kappa shape index (κ3) is 3.13. The van der Waals surface area contributed by atoms with Crippen molar-refractivity contribution in [1.29, 1.82) is 0 Å². The van der Waals surface area contributed by atoms with Crippen LogP contribution in [-0.4, -0.2) is 42.4 Å². The van der Waals surface area contributed by atoms with E-state index in [-0.39, 0.29) is 24.1 Å². The van der Waals surface area contributed by atoms with Crippen molar-refractivity contribution in [2.24, 2.45) is 0 Å². The molecule has 2 rings (SSSR count). The molecule has 0 aliphatic carbocycles. The zero-order chi connectivity index (χ0) is 16.7. The summed E-state index contributed by atoms with van der Waals surface area (Å²) in [5.41, 5.74) is -0.662. The molecular weight excluding hydrogens is 308 g/mol. The molecule has 1 fully saturated rings. The Labute approximate surface area is 130 Å². The lowest BCUT2D eigenvalue weighted by Gasteiger charge is -2.40. The number of morpholine rings is 1. The fourth-order valence-corrected chi connectivity index (χ4v) is 4.85. The van der Waals surface area contributed by atoms with Crippen molar-refractivity contribution in [3.63, 3.8) is 0 Å². The Hall–Kier alpha value is -1.51. The highest BCUT2D eigenvalue weighted by Crippen LogP contribution is 2.32. The summed E-state index contributed by atoms with van der Waals surface area (Å²) in [5.74, 6) is 0. The van der Waals surface area contributed by atoms with E-state index in [1.54, 1.807) is 33.8 Å². The standard InChI is InChI=1S/C14H20N2O5S/c1-10-6-5-7-12(16(17)18)13(10)22(19,20)15-8-11(2)21-14(3,4)9-15/h5-7,11H,8-9H2,1-4H3. The molecule has 1 aliphatic heterocycles. The van der Waals surface area contributed by atoms with Crippen molar-refractivity contribution in [1.82, 2.24) is 4.31 Å². The molecule has 1 aromatic carbocycles. The summed E-state index contributed by atoms with van der Waals surface area (Å²) in [6, 6.07) is 4.27. The lowest BCUT2D eigenvalue weighted by Crippen LogP contribution is -2.53. The second-order valence-electron chi connectivity index (χ2n) is 6.17. The summed E-state index contributed by atoms with van der Waals surface area (Å²) in [7, 11) is -3.96. The fourth-order valence-electron chi connectivity index (χ4n) is 2.82. The van der Waals surface area contributed by atoms with Crippen LogP contribution in [0.25, 0.3) is 0 Å². The third-order valence-electron chi connectivity index (χ3n) is 3.52. The van der Waals surface area contributed by atoms with Crippen molar-refractivity contribution in [2.75, 3.05) is 13.1 Å². The first kappa shape index (κ1) is 16.9. The van der Waals surface area contributed by atoms with Gasteiger partial charge in [0.2, 0.25) is 10.0 Å². The zero-order valence-electron chi connectivity index (χ0n) is 13.1. The van der Waals surface area contributed by atoms with E-state index in [1.807, 2.05) is 0 Å². The third-order valence-corrected chi connectivity index (χ3v) is 5.53. The van der Waals surface area contributed by atoms with Gasteiger partial charge in [-0.15, -0.1) is 0 Å². The van der Waals surface area contributed by atoms with Crippen LogP contribution in [0.4, 0.5) is 5.69 Å². The van der Waals surface area contributed by atoms with Crippen LogP contribution < -0.4 is 0 Å². The molecule has 1 atom stereocenters. The van der Waals surface area contributed by atoms with Crippen LogP contribution in [0.2, 0.25) is 0 Å². The van der Waals surface area contributed by atoms with E-state index in [1.165, 1.54) is 16.4 Å².